The second-order valence-electron chi connectivity index (χ2n) is 5.93. The van der Waals surface area contributed by atoms with E-state index in [4.69, 9.17) is 4.74 Å². The highest BCUT2D eigenvalue weighted by Crippen LogP contribution is 2.12. The van der Waals surface area contributed by atoms with Crippen molar-refractivity contribution in [1.29, 1.82) is 0 Å². The van der Waals surface area contributed by atoms with Crippen molar-refractivity contribution in [3.63, 3.8) is 0 Å². The molecule has 0 spiro atoms. The van der Waals surface area contributed by atoms with Crippen molar-refractivity contribution in [2.75, 3.05) is 7.11 Å². The largest absolute Gasteiger partial charge is 0.453 e. The van der Waals surface area contributed by atoms with Crippen LogP contribution in [-0.4, -0.2) is 31.2 Å². The molecule has 2 amide bonds. The van der Waals surface area contributed by atoms with Crippen molar-refractivity contribution in [3.8, 4) is 0 Å². The molecule has 0 bridgehead atoms. The van der Waals surface area contributed by atoms with E-state index in [-0.39, 0.29) is 18.0 Å². The van der Waals surface area contributed by atoms with Crippen LogP contribution in [0, 0.1) is 0 Å². The standard InChI is InChI=1S/C20H24N2O3/c1-15(23)21-18(13-16-9-5-3-6-10-16)19(22-20(24)25-2)14-17-11-7-4-8-12-17/h3-12,18-19H,13-14H2,1-2H3,(H,21,23)(H,22,24). The number of carbonyl (C=O) groups excluding carboxylic acids is 2. The number of rotatable bonds is 7. The van der Waals surface area contributed by atoms with E-state index in [0.29, 0.717) is 12.8 Å². The van der Waals surface area contributed by atoms with Crippen LogP contribution in [0.4, 0.5) is 4.79 Å². The van der Waals surface area contributed by atoms with Crippen molar-refractivity contribution in [2.24, 2.45) is 0 Å². The van der Waals surface area contributed by atoms with Gasteiger partial charge in [0.1, 0.15) is 0 Å². The molecular weight excluding hydrogens is 316 g/mol. The molecule has 25 heavy (non-hydrogen) atoms. The van der Waals surface area contributed by atoms with Crippen LogP contribution in [0.5, 0.6) is 0 Å². The van der Waals surface area contributed by atoms with Crippen molar-refractivity contribution in [3.05, 3.63) is 71.8 Å². The van der Waals surface area contributed by atoms with Gasteiger partial charge in [-0.3, -0.25) is 4.79 Å². The maximum absolute atomic E-state index is 11.8. The number of methoxy groups -OCH3 is 1. The van der Waals surface area contributed by atoms with Crippen molar-refractivity contribution < 1.29 is 14.3 Å². The first-order valence-corrected chi connectivity index (χ1v) is 8.28. The molecule has 2 N–H and O–H groups in total. The fourth-order valence-electron chi connectivity index (χ4n) is 2.80. The fraction of sp³-hybridized carbons (Fsp3) is 0.300. The zero-order valence-electron chi connectivity index (χ0n) is 14.6. The molecule has 0 saturated carbocycles. The van der Waals surface area contributed by atoms with E-state index in [9.17, 15) is 9.59 Å². The average molecular weight is 340 g/mol. The second-order valence-corrected chi connectivity index (χ2v) is 5.93. The van der Waals surface area contributed by atoms with Gasteiger partial charge in [0.05, 0.1) is 19.2 Å². The maximum Gasteiger partial charge on any atom is 0.407 e. The Balaban J connectivity index is 2.23. The monoisotopic (exact) mass is 340 g/mol. The van der Waals surface area contributed by atoms with Gasteiger partial charge in [-0.25, -0.2) is 4.79 Å². The third-order valence-corrected chi connectivity index (χ3v) is 3.96. The molecule has 2 rings (SSSR count). The zero-order valence-corrected chi connectivity index (χ0v) is 14.6. The van der Waals surface area contributed by atoms with E-state index in [0.717, 1.165) is 11.1 Å². The van der Waals surface area contributed by atoms with Crippen LogP contribution < -0.4 is 10.6 Å². The molecule has 0 aromatic heterocycles. The Hall–Kier alpha value is -2.82. The van der Waals surface area contributed by atoms with Gasteiger partial charge in [0.25, 0.3) is 0 Å². The smallest absolute Gasteiger partial charge is 0.407 e. The van der Waals surface area contributed by atoms with Crippen LogP contribution in [0.25, 0.3) is 0 Å². The highest BCUT2D eigenvalue weighted by Gasteiger charge is 2.25. The molecule has 0 aliphatic rings. The number of ether oxygens (including phenoxy) is 1. The Labute approximate surface area is 148 Å². The van der Waals surface area contributed by atoms with Gasteiger partial charge in [-0.15, -0.1) is 0 Å². The highest BCUT2D eigenvalue weighted by molar-refractivity contribution is 5.73. The van der Waals surface area contributed by atoms with E-state index < -0.39 is 6.09 Å². The van der Waals surface area contributed by atoms with Gasteiger partial charge in [-0.2, -0.15) is 0 Å². The summed E-state index contributed by atoms with van der Waals surface area (Å²) in [7, 11) is 1.33. The lowest BCUT2D eigenvalue weighted by Gasteiger charge is -2.28. The Morgan fingerprint density at radius 1 is 0.840 bits per heavy atom. The van der Waals surface area contributed by atoms with Gasteiger partial charge in [0.2, 0.25) is 5.91 Å². The average Bonchev–Trinajstić information content (AvgIpc) is 2.62. The second kappa shape index (κ2) is 9.47. The summed E-state index contributed by atoms with van der Waals surface area (Å²) in [5.41, 5.74) is 2.17. The number of hydrogen-bond acceptors (Lipinski definition) is 3. The predicted octanol–water partition coefficient (Wildman–Crippen LogP) is 2.70. The van der Waals surface area contributed by atoms with Gasteiger partial charge in [-0.1, -0.05) is 60.7 Å². The maximum atomic E-state index is 11.8. The lowest BCUT2D eigenvalue weighted by atomic mass is 9.94. The van der Waals surface area contributed by atoms with Crippen LogP contribution in [0.15, 0.2) is 60.7 Å². The molecule has 2 atom stereocenters. The van der Waals surface area contributed by atoms with Crippen LogP contribution in [0.1, 0.15) is 18.1 Å². The minimum Gasteiger partial charge on any atom is -0.453 e. The summed E-state index contributed by atoms with van der Waals surface area (Å²) in [5, 5.41) is 5.83. The Bertz CT molecular complexity index is 674. The molecule has 2 aromatic rings. The first-order chi connectivity index (χ1) is 12.1. The van der Waals surface area contributed by atoms with Crippen LogP contribution >= 0.6 is 0 Å². The minimum atomic E-state index is -0.510. The molecule has 5 nitrogen and oxygen atoms in total. The summed E-state index contributed by atoms with van der Waals surface area (Å²) in [5.74, 6) is -0.134. The third-order valence-electron chi connectivity index (χ3n) is 3.96. The predicted molar refractivity (Wildman–Crippen MR) is 97.2 cm³/mol. The number of benzene rings is 2. The quantitative estimate of drug-likeness (QED) is 0.814. The SMILES string of the molecule is COC(=O)NC(Cc1ccccc1)C(Cc1ccccc1)NC(C)=O. The molecule has 2 aromatic carbocycles. The summed E-state index contributed by atoms with van der Waals surface area (Å²) in [6, 6.07) is 19.2. The molecule has 0 heterocycles. The molecule has 0 aliphatic carbocycles. The molecule has 2 unspecified atom stereocenters. The number of hydrogen-bond donors (Lipinski definition) is 2. The summed E-state index contributed by atoms with van der Waals surface area (Å²) in [6.07, 6.45) is 0.694. The lowest BCUT2D eigenvalue weighted by Crippen LogP contribution is -2.53. The summed E-state index contributed by atoms with van der Waals surface area (Å²) in [4.78, 5) is 23.5. The summed E-state index contributed by atoms with van der Waals surface area (Å²) in [6.45, 7) is 1.48. The molecule has 0 radical (unpaired) electrons. The van der Waals surface area contributed by atoms with E-state index in [1.54, 1.807) is 0 Å². The minimum absolute atomic E-state index is 0.134. The molecule has 5 heteroatoms. The van der Waals surface area contributed by atoms with E-state index in [1.165, 1.54) is 14.0 Å². The first-order valence-electron chi connectivity index (χ1n) is 8.28. The first kappa shape index (κ1) is 18.5. The summed E-state index contributed by atoms with van der Waals surface area (Å²) < 4.78 is 4.76. The highest BCUT2D eigenvalue weighted by atomic mass is 16.5. The van der Waals surface area contributed by atoms with Crippen molar-refractivity contribution >= 4 is 12.0 Å². The van der Waals surface area contributed by atoms with Crippen LogP contribution in [0.3, 0.4) is 0 Å². The van der Waals surface area contributed by atoms with Crippen molar-refractivity contribution in [2.45, 2.75) is 31.8 Å². The van der Waals surface area contributed by atoms with E-state index in [2.05, 4.69) is 10.6 Å². The van der Waals surface area contributed by atoms with Crippen molar-refractivity contribution in [1.82, 2.24) is 10.6 Å². The molecule has 0 aliphatic heterocycles. The number of amides is 2. The van der Waals surface area contributed by atoms with E-state index in [1.807, 2.05) is 60.7 Å². The lowest BCUT2D eigenvalue weighted by molar-refractivity contribution is -0.119. The Morgan fingerprint density at radius 2 is 1.28 bits per heavy atom. The van der Waals surface area contributed by atoms with E-state index >= 15 is 0 Å². The Morgan fingerprint density at radius 3 is 1.68 bits per heavy atom. The van der Waals surface area contributed by atoms with Gasteiger partial charge in [-0.05, 0) is 24.0 Å². The zero-order chi connectivity index (χ0) is 18.1. The Kier molecular flexibility index (Phi) is 7.01. The molecule has 0 saturated heterocycles. The molecular formula is C20H24N2O3. The van der Waals surface area contributed by atoms with Crippen LogP contribution in [0.2, 0.25) is 0 Å². The van der Waals surface area contributed by atoms with Gasteiger partial charge in [0.15, 0.2) is 0 Å². The van der Waals surface area contributed by atoms with Gasteiger partial charge in [0, 0.05) is 6.92 Å². The summed E-state index contributed by atoms with van der Waals surface area (Å²) >= 11 is 0. The number of nitrogens with one attached hydrogen (secondary N) is 2. The molecule has 0 fully saturated rings. The fourth-order valence-corrected chi connectivity index (χ4v) is 2.80. The topological polar surface area (TPSA) is 67.4 Å². The normalized spacial score (nSPS) is 12.7. The number of alkyl carbamates (subject to hydrolysis) is 1. The van der Waals surface area contributed by atoms with Gasteiger partial charge >= 0.3 is 6.09 Å². The van der Waals surface area contributed by atoms with Gasteiger partial charge < -0.3 is 15.4 Å². The van der Waals surface area contributed by atoms with Crippen LogP contribution in [-0.2, 0) is 22.4 Å². The third kappa shape index (κ3) is 6.30. The molecule has 132 valence electrons. The number of carbonyl (C=O) groups is 2.